The quantitative estimate of drug-likeness (QED) is 0.735. The molecule has 0 aliphatic heterocycles. The molecule has 0 bridgehead atoms. The van der Waals surface area contributed by atoms with Gasteiger partial charge in [-0.15, -0.1) is 0 Å². The largest absolute Gasteiger partial charge is 0.496 e. The molecule has 0 unspecified atom stereocenters. The predicted molar refractivity (Wildman–Crippen MR) is 91.4 cm³/mol. The number of aliphatic hydroxyl groups is 1. The van der Waals surface area contributed by atoms with Crippen LogP contribution in [0, 0.1) is 0 Å². The van der Waals surface area contributed by atoms with Gasteiger partial charge < -0.3 is 9.84 Å². The molecule has 0 saturated heterocycles. The average Bonchev–Trinajstić information content (AvgIpc) is 2.93. The van der Waals surface area contributed by atoms with Gasteiger partial charge in [0.1, 0.15) is 12.4 Å². The number of para-hydroxylation sites is 1. The Labute approximate surface area is 136 Å². The summed E-state index contributed by atoms with van der Waals surface area (Å²) >= 11 is 0. The molecule has 4 nitrogen and oxygen atoms in total. The van der Waals surface area contributed by atoms with Crippen molar-refractivity contribution in [1.82, 2.24) is 4.57 Å². The van der Waals surface area contributed by atoms with Gasteiger partial charge in [-0.1, -0.05) is 18.2 Å². The Morgan fingerprint density at radius 1 is 1.13 bits per heavy atom. The Hall–Kier alpha value is -2.33. The van der Waals surface area contributed by atoms with Gasteiger partial charge in [-0.25, -0.2) is 9.13 Å². The Kier molecular flexibility index (Phi) is 4.35. The Morgan fingerprint density at radius 2 is 1.91 bits per heavy atom. The van der Waals surface area contributed by atoms with Crippen molar-refractivity contribution < 1.29 is 14.4 Å². The molecule has 3 rings (SSSR count). The van der Waals surface area contributed by atoms with Crippen LogP contribution in [0.15, 0.2) is 42.5 Å². The molecule has 1 N–H and O–H groups in total. The third kappa shape index (κ3) is 2.49. The van der Waals surface area contributed by atoms with Gasteiger partial charge in [0, 0.05) is 5.56 Å². The van der Waals surface area contributed by atoms with Crippen molar-refractivity contribution in [1.29, 1.82) is 0 Å². The second kappa shape index (κ2) is 6.42. The van der Waals surface area contributed by atoms with Crippen LogP contribution in [0.25, 0.3) is 22.2 Å². The van der Waals surface area contributed by atoms with Crippen LogP contribution in [-0.4, -0.2) is 16.8 Å². The summed E-state index contributed by atoms with van der Waals surface area (Å²) in [4.78, 5) is 0. The summed E-state index contributed by atoms with van der Waals surface area (Å²) in [6.45, 7) is 5.92. The first-order valence-corrected chi connectivity index (χ1v) is 8.04. The van der Waals surface area contributed by atoms with Crippen molar-refractivity contribution >= 4 is 11.0 Å². The normalized spacial score (nSPS) is 11.1. The zero-order chi connectivity index (χ0) is 16.4. The highest BCUT2D eigenvalue weighted by Gasteiger charge is 2.23. The van der Waals surface area contributed by atoms with E-state index in [1.165, 1.54) is 0 Å². The molecule has 0 spiro atoms. The number of aromatic nitrogens is 2. The van der Waals surface area contributed by atoms with E-state index >= 15 is 0 Å². The number of methoxy groups -OCH3 is 1. The van der Waals surface area contributed by atoms with Gasteiger partial charge in [0.05, 0.1) is 20.2 Å². The average molecular weight is 311 g/mol. The highest BCUT2D eigenvalue weighted by Crippen LogP contribution is 2.31. The van der Waals surface area contributed by atoms with E-state index in [-0.39, 0.29) is 6.61 Å². The van der Waals surface area contributed by atoms with E-state index in [0.29, 0.717) is 0 Å². The van der Waals surface area contributed by atoms with E-state index < -0.39 is 0 Å². The van der Waals surface area contributed by atoms with Crippen molar-refractivity contribution in [2.75, 3.05) is 7.11 Å². The van der Waals surface area contributed by atoms with Gasteiger partial charge in [0.15, 0.2) is 11.0 Å². The van der Waals surface area contributed by atoms with Crippen LogP contribution in [0.4, 0.5) is 0 Å². The molecule has 0 saturated carbocycles. The Morgan fingerprint density at radius 3 is 2.57 bits per heavy atom. The number of nitrogens with zero attached hydrogens (tertiary/aromatic N) is 2. The molecule has 120 valence electrons. The number of aliphatic hydroxyl groups excluding tert-OH is 1. The fourth-order valence-corrected chi connectivity index (χ4v) is 3.32. The predicted octanol–water partition coefficient (Wildman–Crippen LogP) is 3.14. The third-order valence-electron chi connectivity index (χ3n) is 4.37. The molecule has 1 heterocycles. The third-order valence-corrected chi connectivity index (χ3v) is 4.37. The van der Waals surface area contributed by atoms with Gasteiger partial charge in [0.2, 0.25) is 0 Å². The monoisotopic (exact) mass is 311 g/mol. The highest BCUT2D eigenvalue weighted by molar-refractivity contribution is 5.82. The first kappa shape index (κ1) is 15.6. The van der Waals surface area contributed by atoms with Crippen molar-refractivity contribution in [3.8, 4) is 16.9 Å². The van der Waals surface area contributed by atoms with E-state index in [1.807, 2.05) is 18.2 Å². The standard InChI is InChI=1S/C19H23N2O2/c1-4-20-16-11-10-14(15-8-6-7-9-18(15)23-3)12-17(16)21(5-2)19(20)13-22/h6-12,22H,4-5,13H2,1-3H3/q+1. The minimum absolute atomic E-state index is 0.0420. The van der Waals surface area contributed by atoms with Gasteiger partial charge in [-0.3, -0.25) is 0 Å². The second-order valence-corrected chi connectivity index (χ2v) is 5.47. The van der Waals surface area contributed by atoms with Crippen LogP contribution < -0.4 is 9.30 Å². The van der Waals surface area contributed by atoms with E-state index in [9.17, 15) is 5.11 Å². The molecule has 0 atom stereocenters. The minimum Gasteiger partial charge on any atom is -0.496 e. The maximum Gasteiger partial charge on any atom is 0.283 e. The van der Waals surface area contributed by atoms with Crippen LogP contribution in [0.2, 0.25) is 0 Å². The molecule has 23 heavy (non-hydrogen) atoms. The first-order valence-electron chi connectivity index (χ1n) is 8.04. The summed E-state index contributed by atoms with van der Waals surface area (Å²) in [5.74, 6) is 1.81. The molecule has 1 aromatic heterocycles. The van der Waals surface area contributed by atoms with Crippen molar-refractivity contribution in [2.24, 2.45) is 0 Å². The van der Waals surface area contributed by atoms with Gasteiger partial charge in [-0.05, 0) is 43.7 Å². The highest BCUT2D eigenvalue weighted by atomic mass is 16.5. The maximum absolute atomic E-state index is 9.77. The zero-order valence-corrected chi connectivity index (χ0v) is 13.9. The van der Waals surface area contributed by atoms with Crippen LogP contribution >= 0.6 is 0 Å². The summed E-state index contributed by atoms with van der Waals surface area (Å²) in [5, 5.41) is 9.77. The lowest BCUT2D eigenvalue weighted by atomic mass is 10.0. The summed E-state index contributed by atoms with van der Waals surface area (Å²) in [6.07, 6.45) is 0. The number of hydrogen-bond donors (Lipinski definition) is 1. The zero-order valence-electron chi connectivity index (χ0n) is 13.9. The summed E-state index contributed by atoms with van der Waals surface area (Å²) in [7, 11) is 1.70. The topological polar surface area (TPSA) is 38.3 Å². The number of rotatable bonds is 5. The summed E-state index contributed by atoms with van der Waals surface area (Å²) in [5.41, 5.74) is 4.49. The number of ether oxygens (including phenoxy) is 1. The molecule has 0 amide bonds. The first-order chi connectivity index (χ1) is 11.2. The fourth-order valence-electron chi connectivity index (χ4n) is 3.32. The lowest BCUT2D eigenvalue weighted by Gasteiger charge is -2.08. The minimum atomic E-state index is 0.0420. The van der Waals surface area contributed by atoms with Crippen LogP contribution in [0.1, 0.15) is 19.7 Å². The fraction of sp³-hybridized carbons (Fsp3) is 0.316. The van der Waals surface area contributed by atoms with E-state index in [1.54, 1.807) is 7.11 Å². The molecule has 2 aromatic carbocycles. The lowest BCUT2D eigenvalue weighted by molar-refractivity contribution is -0.678. The van der Waals surface area contributed by atoms with E-state index in [0.717, 1.165) is 46.8 Å². The lowest BCUT2D eigenvalue weighted by Crippen LogP contribution is -2.36. The number of imidazole rings is 1. The van der Waals surface area contributed by atoms with Crippen molar-refractivity contribution in [3.05, 3.63) is 48.3 Å². The summed E-state index contributed by atoms with van der Waals surface area (Å²) in [6, 6.07) is 14.5. The maximum atomic E-state index is 9.77. The molecule has 3 aromatic rings. The Bertz CT molecular complexity index is 837. The second-order valence-electron chi connectivity index (χ2n) is 5.47. The van der Waals surface area contributed by atoms with E-state index in [4.69, 9.17) is 4.74 Å². The molecule has 0 aliphatic rings. The molecule has 0 radical (unpaired) electrons. The number of hydrogen-bond acceptors (Lipinski definition) is 2. The van der Waals surface area contributed by atoms with Crippen LogP contribution in [-0.2, 0) is 19.7 Å². The van der Waals surface area contributed by atoms with Gasteiger partial charge in [0.25, 0.3) is 5.82 Å². The molecular formula is C19H23N2O2+. The molecular weight excluding hydrogens is 288 g/mol. The van der Waals surface area contributed by atoms with Crippen molar-refractivity contribution in [3.63, 3.8) is 0 Å². The smallest absolute Gasteiger partial charge is 0.283 e. The molecule has 0 fully saturated rings. The van der Waals surface area contributed by atoms with Crippen molar-refractivity contribution in [2.45, 2.75) is 33.5 Å². The number of benzene rings is 2. The summed E-state index contributed by atoms with van der Waals surface area (Å²) < 4.78 is 9.84. The van der Waals surface area contributed by atoms with E-state index in [2.05, 4.69) is 47.2 Å². The molecule has 0 aliphatic carbocycles. The van der Waals surface area contributed by atoms with Gasteiger partial charge in [-0.2, -0.15) is 0 Å². The Balaban J connectivity index is 2.27. The number of fused-ring (bicyclic) bond motifs is 1. The van der Waals surface area contributed by atoms with Crippen LogP contribution in [0.5, 0.6) is 5.75 Å². The number of aryl methyl sites for hydroxylation is 2. The molecule has 4 heteroatoms. The van der Waals surface area contributed by atoms with Gasteiger partial charge >= 0.3 is 0 Å². The SMILES string of the molecule is CCn1c(CO)[n+](CC)c2ccc(-c3ccccc3OC)cc21. The van der Waals surface area contributed by atoms with Crippen LogP contribution in [0.3, 0.4) is 0 Å².